The zero-order chi connectivity index (χ0) is 17.5. The Bertz CT molecular complexity index is 536. The van der Waals surface area contributed by atoms with E-state index in [0.29, 0.717) is 19.0 Å². The molecule has 1 saturated heterocycles. The van der Waals surface area contributed by atoms with E-state index in [1.165, 1.54) is 6.07 Å². The highest BCUT2D eigenvalue weighted by Crippen LogP contribution is 2.19. The molecule has 2 unspecified atom stereocenters. The molecule has 24 heavy (non-hydrogen) atoms. The van der Waals surface area contributed by atoms with Crippen molar-refractivity contribution < 1.29 is 14.3 Å². The van der Waals surface area contributed by atoms with Crippen molar-refractivity contribution in [1.82, 2.24) is 10.2 Å². The maximum Gasteiger partial charge on any atom is 0.224 e. The van der Waals surface area contributed by atoms with Crippen LogP contribution in [0.4, 0.5) is 4.39 Å². The zero-order valence-electron chi connectivity index (χ0n) is 14.7. The molecule has 0 saturated carbocycles. The fourth-order valence-electron chi connectivity index (χ4n) is 3.37. The second kappa shape index (κ2) is 9.14. The molecular formula is C19H29FN2O2. The van der Waals surface area contributed by atoms with Crippen LogP contribution in [0.5, 0.6) is 0 Å². The van der Waals surface area contributed by atoms with Gasteiger partial charge in [-0.2, -0.15) is 0 Å². The summed E-state index contributed by atoms with van der Waals surface area (Å²) in [6, 6.07) is 6.46. The summed E-state index contributed by atoms with van der Waals surface area (Å²) in [4.78, 5) is 14.7. The van der Waals surface area contributed by atoms with Gasteiger partial charge in [0.2, 0.25) is 5.91 Å². The van der Waals surface area contributed by atoms with Gasteiger partial charge < -0.3 is 10.4 Å². The van der Waals surface area contributed by atoms with Gasteiger partial charge in [-0.25, -0.2) is 4.39 Å². The number of hydrogen-bond acceptors (Lipinski definition) is 3. The van der Waals surface area contributed by atoms with Gasteiger partial charge in [0.25, 0.3) is 0 Å². The molecule has 2 rings (SSSR count). The molecular weight excluding hydrogens is 307 g/mol. The Balaban J connectivity index is 1.88. The Labute approximate surface area is 144 Å². The third kappa shape index (κ3) is 5.87. The number of benzene rings is 1. The number of nitrogens with one attached hydrogen (secondary N) is 1. The van der Waals surface area contributed by atoms with E-state index in [1.807, 2.05) is 6.07 Å². The monoisotopic (exact) mass is 336 g/mol. The number of carbonyl (C=O) groups is 1. The third-order valence-electron chi connectivity index (χ3n) is 4.49. The molecule has 0 aliphatic carbocycles. The highest BCUT2D eigenvalue weighted by atomic mass is 19.1. The van der Waals surface area contributed by atoms with Crippen molar-refractivity contribution >= 4 is 5.91 Å². The van der Waals surface area contributed by atoms with Crippen molar-refractivity contribution in [1.29, 1.82) is 0 Å². The summed E-state index contributed by atoms with van der Waals surface area (Å²) in [7, 11) is 0. The van der Waals surface area contributed by atoms with Crippen LogP contribution in [-0.4, -0.2) is 41.7 Å². The molecule has 1 aromatic carbocycles. The molecule has 1 heterocycles. The number of aliphatic hydroxyl groups is 1. The Morgan fingerprint density at radius 2 is 2.25 bits per heavy atom. The number of likely N-dealkylation sites (tertiary alicyclic amines) is 1. The minimum atomic E-state index is -0.224. The van der Waals surface area contributed by atoms with Gasteiger partial charge in [0.15, 0.2) is 0 Å². The lowest BCUT2D eigenvalue weighted by atomic mass is 9.95. The van der Waals surface area contributed by atoms with Gasteiger partial charge in [-0.3, -0.25) is 9.69 Å². The average molecular weight is 336 g/mol. The normalized spacial score (nSPS) is 20.1. The minimum absolute atomic E-state index is 0.0242. The number of rotatable bonds is 7. The first-order chi connectivity index (χ1) is 11.5. The molecule has 134 valence electrons. The van der Waals surface area contributed by atoms with Crippen molar-refractivity contribution in [3.8, 4) is 0 Å². The summed E-state index contributed by atoms with van der Waals surface area (Å²) in [5.41, 5.74) is 0.934. The van der Waals surface area contributed by atoms with Crippen LogP contribution >= 0.6 is 0 Å². The Morgan fingerprint density at radius 1 is 1.46 bits per heavy atom. The lowest BCUT2D eigenvalue weighted by Gasteiger charge is -2.33. The van der Waals surface area contributed by atoms with E-state index in [9.17, 15) is 14.3 Å². The van der Waals surface area contributed by atoms with Crippen LogP contribution < -0.4 is 5.32 Å². The van der Waals surface area contributed by atoms with Crippen LogP contribution in [0.1, 0.15) is 38.7 Å². The lowest BCUT2D eigenvalue weighted by molar-refractivity contribution is -0.128. The van der Waals surface area contributed by atoms with Crippen LogP contribution in [0.15, 0.2) is 24.3 Å². The van der Waals surface area contributed by atoms with Gasteiger partial charge in [-0.1, -0.05) is 26.0 Å². The molecule has 1 aromatic rings. The highest BCUT2D eigenvalue weighted by Gasteiger charge is 2.27. The van der Waals surface area contributed by atoms with Gasteiger partial charge in [-0.15, -0.1) is 0 Å². The van der Waals surface area contributed by atoms with Gasteiger partial charge >= 0.3 is 0 Å². The number of halogens is 1. The molecule has 1 fully saturated rings. The summed E-state index contributed by atoms with van der Waals surface area (Å²) in [5, 5.41) is 12.4. The van der Waals surface area contributed by atoms with E-state index in [1.54, 1.807) is 12.1 Å². The molecule has 0 aromatic heterocycles. The summed E-state index contributed by atoms with van der Waals surface area (Å²) >= 11 is 0. The smallest absolute Gasteiger partial charge is 0.224 e. The van der Waals surface area contributed by atoms with Crippen LogP contribution in [0.3, 0.4) is 0 Å². The third-order valence-corrected chi connectivity index (χ3v) is 4.49. The highest BCUT2D eigenvalue weighted by molar-refractivity contribution is 5.79. The molecule has 2 atom stereocenters. The average Bonchev–Trinajstić information content (AvgIpc) is 2.54. The van der Waals surface area contributed by atoms with Crippen molar-refractivity contribution in [2.75, 3.05) is 19.7 Å². The van der Waals surface area contributed by atoms with Crippen LogP contribution in [0.25, 0.3) is 0 Å². The lowest BCUT2D eigenvalue weighted by Crippen LogP contribution is -2.47. The number of hydrogen-bond donors (Lipinski definition) is 2. The quantitative estimate of drug-likeness (QED) is 0.805. The summed E-state index contributed by atoms with van der Waals surface area (Å²) in [5.74, 6) is 0.170. The predicted octanol–water partition coefficient (Wildman–Crippen LogP) is 2.56. The number of piperidine rings is 1. The maximum absolute atomic E-state index is 13.3. The molecule has 5 heteroatoms. The Hall–Kier alpha value is -1.46. The first-order valence-corrected chi connectivity index (χ1v) is 8.86. The first kappa shape index (κ1) is 18.9. The van der Waals surface area contributed by atoms with Crippen LogP contribution in [-0.2, 0) is 11.3 Å². The minimum Gasteiger partial charge on any atom is -0.394 e. The summed E-state index contributed by atoms with van der Waals surface area (Å²) < 4.78 is 13.3. The topological polar surface area (TPSA) is 52.6 Å². The van der Waals surface area contributed by atoms with Gasteiger partial charge in [0.05, 0.1) is 18.6 Å². The number of carbonyl (C=O) groups excluding carboxylic acids is 1. The van der Waals surface area contributed by atoms with Gasteiger partial charge in [0.1, 0.15) is 5.82 Å². The van der Waals surface area contributed by atoms with E-state index in [-0.39, 0.29) is 30.3 Å². The van der Waals surface area contributed by atoms with E-state index in [0.717, 1.165) is 31.4 Å². The Morgan fingerprint density at radius 3 is 2.92 bits per heavy atom. The molecule has 1 aliphatic rings. The van der Waals surface area contributed by atoms with Crippen LogP contribution in [0.2, 0.25) is 0 Å². The number of aliphatic hydroxyl groups excluding tert-OH is 1. The number of amides is 1. The van der Waals surface area contributed by atoms with Gasteiger partial charge in [0, 0.05) is 13.1 Å². The fourth-order valence-corrected chi connectivity index (χ4v) is 3.37. The number of nitrogens with zero attached hydrogens (tertiary/aromatic N) is 1. The first-order valence-electron chi connectivity index (χ1n) is 8.86. The van der Waals surface area contributed by atoms with Crippen molar-refractivity contribution in [3.63, 3.8) is 0 Å². The molecule has 2 N–H and O–H groups in total. The SMILES string of the molecule is CC(C)CC(CO)NC(=O)C1CCCN(Cc2cccc(F)c2)C1. The van der Waals surface area contributed by atoms with E-state index in [2.05, 4.69) is 24.1 Å². The van der Waals surface area contributed by atoms with E-state index in [4.69, 9.17) is 0 Å². The summed E-state index contributed by atoms with van der Waals surface area (Å²) in [6.07, 6.45) is 2.61. The second-order valence-electron chi connectivity index (χ2n) is 7.22. The zero-order valence-corrected chi connectivity index (χ0v) is 14.7. The second-order valence-corrected chi connectivity index (χ2v) is 7.22. The Kier molecular flexibility index (Phi) is 7.18. The van der Waals surface area contributed by atoms with Crippen LogP contribution in [0, 0.1) is 17.7 Å². The molecule has 1 aliphatic heterocycles. The molecule has 0 bridgehead atoms. The molecule has 4 nitrogen and oxygen atoms in total. The fraction of sp³-hybridized carbons (Fsp3) is 0.632. The van der Waals surface area contributed by atoms with E-state index >= 15 is 0 Å². The van der Waals surface area contributed by atoms with Crippen molar-refractivity contribution in [3.05, 3.63) is 35.6 Å². The molecule has 1 amide bonds. The van der Waals surface area contributed by atoms with Crippen molar-refractivity contribution in [2.45, 2.75) is 45.7 Å². The standard InChI is InChI=1S/C19H29FN2O2/c1-14(2)9-18(13-23)21-19(24)16-6-4-8-22(12-16)11-15-5-3-7-17(20)10-15/h3,5,7,10,14,16,18,23H,4,6,8-9,11-13H2,1-2H3,(H,21,24). The van der Waals surface area contributed by atoms with E-state index < -0.39 is 0 Å². The van der Waals surface area contributed by atoms with Crippen molar-refractivity contribution in [2.24, 2.45) is 11.8 Å². The predicted molar refractivity (Wildman–Crippen MR) is 92.9 cm³/mol. The molecule has 0 radical (unpaired) electrons. The summed E-state index contributed by atoms with van der Waals surface area (Å²) in [6.45, 7) is 6.41. The largest absolute Gasteiger partial charge is 0.394 e. The maximum atomic E-state index is 13.3. The van der Waals surface area contributed by atoms with Gasteiger partial charge in [-0.05, 0) is 49.4 Å². The molecule has 0 spiro atoms.